The molecule has 0 amide bonds. The minimum Gasteiger partial charge on any atom is -0.497 e. The highest BCUT2D eigenvalue weighted by Crippen LogP contribution is 2.35. The molecule has 0 aliphatic carbocycles. The average molecular weight is 384 g/mol. The average Bonchev–Trinajstić information content (AvgIpc) is 3.14. The Bertz CT molecular complexity index is 1060. The Balaban J connectivity index is 1.85. The SMILES string of the molecule is COc1ccc(Cn2nc(-c3ccccc3)c(-c3ccccc3)c2CCO)cc1. The van der Waals surface area contributed by atoms with Gasteiger partial charge in [0, 0.05) is 29.8 Å². The lowest BCUT2D eigenvalue weighted by atomic mass is 9.98. The van der Waals surface area contributed by atoms with E-state index in [2.05, 4.69) is 24.3 Å². The highest BCUT2D eigenvalue weighted by atomic mass is 16.5. The van der Waals surface area contributed by atoms with E-state index in [1.807, 2.05) is 65.3 Å². The zero-order valence-electron chi connectivity index (χ0n) is 16.5. The van der Waals surface area contributed by atoms with Crippen LogP contribution in [0.4, 0.5) is 0 Å². The van der Waals surface area contributed by atoms with E-state index in [0.717, 1.165) is 39.4 Å². The highest BCUT2D eigenvalue weighted by molar-refractivity contribution is 5.82. The molecule has 0 saturated carbocycles. The first-order valence-electron chi connectivity index (χ1n) is 9.74. The van der Waals surface area contributed by atoms with Crippen LogP contribution in [0.25, 0.3) is 22.4 Å². The molecule has 0 spiro atoms. The van der Waals surface area contributed by atoms with Crippen LogP contribution < -0.4 is 4.74 Å². The van der Waals surface area contributed by atoms with Crippen molar-refractivity contribution in [3.05, 3.63) is 96.2 Å². The molecule has 0 aliphatic rings. The monoisotopic (exact) mass is 384 g/mol. The Morgan fingerprint density at radius 3 is 2.03 bits per heavy atom. The standard InChI is InChI=1S/C25H24N2O2/c1-29-22-14-12-19(13-15-22)18-27-23(16-17-28)24(20-8-4-2-5-9-20)25(26-27)21-10-6-3-7-11-21/h2-15,28H,16-18H2,1H3. The summed E-state index contributed by atoms with van der Waals surface area (Å²) in [4.78, 5) is 0. The van der Waals surface area contributed by atoms with Crippen molar-refractivity contribution in [3.63, 3.8) is 0 Å². The van der Waals surface area contributed by atoms with Crippen molar-refractivity contribution in [2.24, 2.45) is 0 Å². The molecule has 0 saturated heterocycles. The largest absolute Gasteiger partial charge is 0.497 e. The minimum atomic E-state index is 0.0718. The summed E-state index contributed by atoms with van der Waals surface area (Å²) in [5, 5.41) is 14.8. The zero-order valence-corrected chi connectivity index (χ0v) is 16.5. The van der Waals surface area contributed by atoms with E-state index in [0.29, 0.717) is 13.0 Å². The Kier molecular flexibility index (Phi) is 5.73. The maximum atomic E-state index is 9.77. The first-order chi connectivity index (χ1) is 14.3. The molecule has 1 heterocycles. The lowest BCUT2D eigenvalue weighted by Gasteiger charge is -2.10. The van der Waals surface area contributed by atoms with Gasteiger partial charge in [0.15, 0.2) is 0 Å². The molecule has 0 fully saturated rings. The fourth-order valence-electron chi connectivity index (χ4n) is 3.60. The molecule has 146 valence electrons. The molecular weight excluding hydrogens is 360 g/mol. The summed E-state index contributed by atoms with van der Waals surface area (Å²) < 4.78 is 7.28. The molecule has 0 aliphatic heterocycles. The topological polar surface area (TPSA) is 47.3 Å². The van der Waals surface area contributed by atoms with Crippen LogP contribution in [-0.2, 0) is 13.0 Å². The molecule has 4 heteroatoms. The Morgan fingerprint density at radius 1 is 0.828 bits per heavy atom. The van der Waals surface area contributed by atoms with Gasteiger partial charge in [-0.05, 0) is 23.3 Å². The molecule has 0 radical (unpaired) electrons. The molecule has 1 N–H and O–H groups in total. The molecule has 3 aromatic carbocycles. The number of aliphatic hydroxyl groups is 1. The number of hydrogen-bond donors (Lipinski definition) is 1. The predicted octanol–water partition coefficient (Wildman–Crippen LogP) is 4.81. The lowest BCUT2D eigenvalue weighted by molar-refractivity contribution is 0.296. The van der Waals surface area contributed by atoms with Crippen LogP contribution in [0.2, 0.25) is 0 Å². The molecule has 0 bridgehead atoms. The van der Waals surface area contributed by atoms with Gasteiger partial charge in [-0.1, -0.05) is 72.8 Å². The Hall–Kier alpha value is -3.37. The van der Waals surface area contributed by atoms with E-state index in [1.54, 1.807) is 7.11 Å². The van der Waals surface area contributed by atoms with Gasteiger partial charge < -0.3 is 9.84 Å². The van der Waals surface area contributed by atoms with E-state index in [4.69, 9.17) is 9.84 Å². The maximum absolute atomic E-state index is 9.77. The number of hydrogen-bond acceptors (Lipinski definition) is 3. The smallest absolute Gasteiger partial charge is 0.118 e. The zero-order chi connectivity index (χ0) is 20.1. The summed E-state index contributed by atoms with van der Waals surface area (Å²) in [5.41, 5.74) is 6.36. The number of rotatable bonds is 7. The summed E-state index contributed by atoms with van der Waals surface area (Å²) in [6, 6.07) is 28.5. The molecule has 4 nitrogen and oxygen atoms in total. The normalized spacial score (nSPS) is 10.8. The van der Waals surface area contributed by atoms with Gasteiger partial charge in [-0.2, -0.15) is 5.10 Å². The number of aliphatic hydroxyl groups excluding tert-OH is 1. The van der Waals surface area contributed by atoms with E-state index in [9.17, 15) is 5.11 Å². The predicted molar refractivity (Wildman–Crippen MR) is 116 cm³/mol. The fourth-order valence-corrected chi connectivity index (χ4v) is 3.60. The van der Waals surface area contributed by atoms with Crippen molar-refractivity contribution in [2.45, 2.75) is 13.0 Å². The second-order valence-electron chi connectivity index (χ2n) is 6.88. The van der Waals surface area contributed by atoms with Crippen molar-refractivity contribution >= 4 is 0 Å². The summed E-state index contributed by atoms with van der Waals surface area (Å²) in [7, 11) is 1.67. The molecule has 4 aromatic rings. The van der Waals surface area contributed by atoms with Crippen molar-refractivity contribution < 1.29 is 9.84 Å². The third kappa shape index (κ3) is 4.08. The van der Waals surface area contributed by atoms with Gasteiger partial charge in [-0.25, -0.2) is 0 Å². The minimum absolute atomic E-state index is 0.0718. The van der Waals surface area contributed by atoms with Crippen LogP contribution in [0.5, 0.6) is 5.75 Å². The third-order valence-electron chi connectivity index (χ3n) is 5.01. The van der Waals surface area contributed by atoms with Gasteiger partial charge >= 0.3 is 0 Å². The third-order valence-corrected chi connectivity index (χ3v) is 5.01. The Morgan fingerprint density at radius 2 is 1.45 bits per heavy atom. The lowest BCUT2D eigenvalue weighted by Crippen LogP contribution is -2.08. The van der Waals surface area contributed by atoms with Crippen molar-refractivity contribution in [2.75, 3.05) is 13.7 Å². The second-order valence-corrected chi connectivity index (χ2v) is 6.88. The summed E-state index contributed by atoms with van der Waals surface area (Å²) in [6.45, 7) is 0.703. The van der Waals surface area contributed by atoms with Gasteiger partial charge in [0.1, 0.15) is 11.4 Å². The van der Waals surface area contributed by atoms with Crippen molar-refractivity contribution in [1.82, 2.24) is 9.78 Å². The summed E-state index contributed by atoms with van der Waals surface area (Å²) in [6.07, 6.45) is 0.542. The Labute approximate surface area is 171 Å². The van der Waals surface area contributed by atoms with E-state index in [-0.39, 0.29) is 6.61 Å². The summed E-state index contributed by atoms with van der Waals surface area (Å²) >= 11 is 0. The highest BCUT2D eigenvalue weighted by Gasteiger charge is 2.20. The van der Waals surface area contributed by atoms with Crippen LogP contribution in [0.1, 0.15) is 11.3 Å². The van der Waals surface area contributed by atoms with Crippen molar-refractivity contribution in [3.8, 4) is 28.1 Å². The van der Waals surface area contributed by atoms with Gasteiger partial charge in [-0.3, -0.25) is 4.68 Å². The molecule has 0 unspecified atom stereocenters. The molecular formula is C25H24N2O2. The van der Waals surface area contributed by atoms with E-state index < -0.39 is 0 Å². The number of methoxy groups -OCH3 is 1. The quantitative estimate of drug-likeness (QED) is 0.497. The van der Waals surface area contributed by atoms with Gasteiger partial charge in [0.05, 0.1) is 13.7 Å². The first-order valence-corrected chi connectivity index (χ1v) is 9.74. The second kappa shape index (κ2) is 8.76. The molecule has 0 atom stereocenters. The van der Waals surface area contributed by atoms with Crippen LogP contribution in [0, 0.1) is 0 Å². The molecule has 29 heavy (non-hydrogen) atoms. The fraction of sp³-hybridized carbons (Fsp3) is 0.160. The molecule has 1 aromatic heterocycles. The van der Waals surface area contributed by atoms with Gasteiger partial charge in [0.25, 0.3) is 0 Å². The maximum Gasteiger partial charge on any atom is 0.118 e. The number of aromatic nitrogens is 2. The van der Waals surface area contributed by atoms with Gasteiger partial charge in [-0.15, -0.1) is 0 Å². The number of ether oxygens (including phenoxy) is 1. The van der Waals surface area contributed by atoms with Crippen LogP contribution in [0.3, 0.4) is 0 Å². The first kappa shape index (κ1) is 19.0. The van der Waals surface area contributed by atoms with E-state index in [1.165, 1.54) is 0 Å². The van der Waals surface area contributed by atoms with Gasteiger partial charge in [0.2, 0.25) is 0 Å². The van der Waals surface area contributed by atoms with Crippen LogP contribution in [-0.4, -0.2) is 28.6 Å². The molecule has 4 rings (SSSR count). The van der Waals surface area contributed by atoms with Crippen LogP contribution >= 0.6 is 0 Å². The number of nitrogens with zero attached hydrogens (tertiary/aromatic N) is 2. The number of benzene rings is 3. The van der Waals surface area contributed by atoms with E-state index >= 15 is 0 Å². The van der Waals surface area contributed by atoms with Crippen LogP contribution in [0.15, 0.2) is 84.9 Å². The summed E-state index contributed by atoms with van der Waals surface area (Å²) in [5.74, 6) is 0.833. The van der Waals surface area contributed by atoms with Crippen molar-refractivity contribution in [1.29, 1.82) is 0 Å².